The number of nitrogens with two attached hydrogens (primary N) is 1. The molecule has 0 aliphatic heterocycles. The number of hydrogen-bond acceptors (Lipinski definition) is 3. The molecule has 19 heavy (non-hydrogen) atoms. The molecule has 1 aliphatic carbocycles. The molecule has 0 saturated heterocycles. The topological polar surface area (TPSA) is 83.6 Å². The van der Waals surface area contributed by atoms with Crippen LogP contribution in [-0.4, -0.2) is 34.4 Å². The van der Waals surface area contributed by atoms with Crippen LogP contribution in [0.5, 0.6) is 5.75 Å². The molecule has 1 aliphatic rings. The molecule has 1 fully saturated rings. The number of phenolic OH excluding ortho intramolecular Hbond substituents is 1. The third-order valence-electron chi connectivity index (χ3n) is 3.49. The summed E-state index contributed by atoms with van der Waals surface area (Å²) in [6.07, 6.45) is 3.86. The van der Waals surface area contributed by atoms with E-state index in [4.69, 9.17) is 5.73 Å². The highest BCUT2D eigenvalue weighted by Gasteiger charge is 2.29. The van der Waals surface area contributed by atoms with E-state index in [1.54, 1.807) is 18.2 Å². The van der Waals surface area contributed by atoms with Gasteiger partial charge < -0.3 is 15.7 Å². The quantitative estimate of drug-likeness (QED) is 0.856. The molecular weight excluding hydrogens is 244 g/mol. The zero-order valence-corrected chi connectivity index (χ0v) is 10.7. The fraction of sp³-hybridized carbons (Fsp3) is 0.429. The van der Waals surface area contributed by atoms with Crippen LogP contribution in [-0.2, 0) is 4.79 Å². The Morgan fingerprint density at radius 2 is 1.89 bits per heavy atom. The number of carbonyl (C=O) groups is 2. The predicted octanol–water partition coefficient (Wildman–Crippen LogP) is 1.26. The van der Waals surface area contributed by atoms with E-state index in [0.29, 0.717) is 0 Å². The molecule has 5 heteroatoms. The average Bonchev–Trinajstić information content (AvgIpc) is 2.89. The van der Waals surface area contributed by atoms with Crippen LogP contribution in [0.1, 0.15) is 36.0 Å². The molecule has 1 saturated carbocycles. The van der Waals surface area contributed by atoms with Crippen LogP contribution >= 0.6 is 0 Å². The molecule has 1 aromatic carbocycles. The molecule has 0 heterocycles. The number of aromatic hydroxyl groups is 1. The Kier molecular flexibility index (Phi) is 4.04. The van der Waals surface area contributed by atoms with Crippen molar-refractivity contribution in [3.05, 3.63) is 29.8 Å². The van der Waals surface area contributed by atoms with Crippen molar-refractivity contribution in [1.82, 2.24) is 4.90 Å². The maximum atomic E-state index is 12.4. The van der Waals surface area contributed by atoms with E-state index >= 15 is 0 Å². The monoisotopic (exact) mass is 262 g/mol. The summed E-state index contributed by atoms with van der Waals surface area (Å²) < 4.78 is 0. The standard InChI is InChI=1S/C14H18N2O3/c15-13(18)9-16(10-5-1-2-6-10)14(19)11-7-3-4-8-12(11)17/h3-4,7-8,10,17H,1-2,5-6,9H2,(H2,15,18). The van der Waals surface area contributed by atoms with E-state index in [1.807, 2.05) is 0 Å². The van der Waals surface area contributed by atoms with Gasteiger partial charge in [0.15, 0.2) is 0 Å². The Morgan fingerprint density at radius 3 is 2.47 bits per heavy atom. The van der Waals surface area contributed by atoms with Crippen LogP contribution < -0.4 is 5.73 Å². The van der Waals surface area contributed by atoms with Crippen molar-refractivity contribution in [3.8, 4) is 5.75 Å². The number of benzene rings is 1. The maximum absolute atomic E-state index is 12.4. The Hall–Kier alpha value is -2.04. The predicted molar refractivity (Wildman–Crippen MR) is 70.6 cm³/mol. The molecule has 102 valence electrons. The minimum absolute atomic E-state index is 0.0413. The van der Waals surface area contributed by atoms with Gasteiger partial charge in [0.05, 0.1) is 12.1 Å². The van der Waals surface area contributed by atoms with Crippen LogP contribution in [0, 0.1) is 0 Å². The number of carbonyl (C=O) groups excluding carboxylic acids is 2. The van der Waals surface area contributed by atoms with E-state index < -0.39 is 5.91 Å². The molecule has 0 unspecified atom stereocenters. The molecule has 2 amide bonds. The van der Waals surface area contributed by atoms with E-state index in [-0.39, 0.29) is 29.8 Å². The summed E-state index contributed by atoms with van der Waals surface area (Å²) in [7, 11) is 0. The second-order valence-corrected chi connectivity index (χ2v) is 4.85. The lowest BCUT2D eigenvalue weighted by Crippen LogP contribution is -2.44. The molecule has 2 rings (SSSR count). The van der Waals surface area contributed by atoms with Gasteiger partial charge in [-0.15, -0.1) is 0 Å². The number of primary amides is 1. The van der Waals surface area contributed by atoms with Gasteiger partial charge in [0.1, 0.15) is 5.75 Å². The Labute approximate surface area is 112 Å². The van der Waals surface area contributed by atoms with Crippen molar-refractivity contribution in [2.24, 2.45) is 5.73 Å². The van der Waals surface area contributed by atoms with E-state index in [9.17, 15) is 14.7 Å². The van der Waals surface area contributed by atoms with Crippen molar-refractivity contribution in [2.75, 3.05) is 6.54 Å². The normalized spacial score (nSPS) is 15.4. The lowest BCUT2D eigenvalue weighted by atomic mass is 10.1. The zero-order valence-electron chi connectivity index (χ0n) is 10.7. The first-order valence-electron chi connectivity index (χ1n) is 6.47. The summed E-state index contributed by atoms with van der Waals surface area (Å²) in [6, 6.07) is 6.40. The average molecular weight is 262 g/mol. The summed E-state index contributed by atoms with van der Waals surface area (Å²) in [4.78, 5) is 25.1. The molecule has 3 N–H and O–H groups in total. The maximum Gasteiger partial charge on any atom is 0.258 e. The van der Waals surface area contributed by atoms with Crippen LogP contribution in [0.2, 0.25) is 0 Å². The van der Waals surface area contributed by atoms with Gasteiger partial charge in [0.2, 0.25) is 5.91 Å². The van der Waals surface area contributed by atoms with E-state index in [2.05, 4.69) is 0 Å². The van der Waals surface area contributed by atoms with Gasteiger partial charge >= 0.3 is 0 Å². The molecule has 0 bridgehead atoms. The number of nitrogens with zero attached hydrogens (tertiary/aromatic N) is 1. The first-order valence-corrected chi connectivity index (χ1v) is 6.47. The number of rotatable bonds is 4. The fourth-order valence-electron chi connectivity index (χ4n) is 2.56. The molecule has 0 spiro atoms. The Morgan fingerprint density at radius 1 is 1.26 bits per heavy atom. The Bertz CT molecular complexity index is 481. The van der Waals surface area contributed by atoms with Gasteiger partial charge in [-0.1, -0.05) is 25.0 Å². The van der Waals surface area contributed by atoms with Crippen molar-refractivity contribution >= 4 is 11.8 Å². The highest BCUT2D eigenvalue weighted by molar-refractivity contribution is 5.98. The van der Waals surface area contributed by atoms with Gasteiger partial charge in [-0.3, -0.25) is 9.59 Å². The summed E-state index contributed by atoms with van der Waals surface area (Å²) in [5.41, 5.74) is 5.44. The molecule has 1 aromatic rings. The van der Waals surface area contributed by atoms with Gasteiger partial charge in [-0.25, -0.2) is 0 Å². The number of amides is 2. The fourth-order valence-corrected chi connectivity index (χ4v) is 2.56. The number of hydrogen-bond donors (Lipinski definition) is 2. The van der Waals surface area contributed by atoms with Gasteiger partial charge in [0.25, 0.3) is 5.91 Å². The first kappa shape index (κ1) is 13.4. The van der Waals surface area contributed by atoms with Gasteiger partial charge in [0, 0.05) is 6.04 Å². The van der Waals surface area contributed by atoms with E-state index in [1.165, 1.54) is 11.0 Å². The SMILES string of the molecule is NC(=O)CN(C(=O)c1ccccc1O)C1CCCC1. The first-order chi connectivity index (χ1) is 9.09. The van der Waals surface area contributed by atoms with Gasteiger partial charge in [-0.05, 0) is 25.0 Å². The van der Waals surface area contributed by atoms with Crippen molar-refractivity contribution in [1.29, 1.82) is 0 Å². The van der Waals surface area contributed by atoms with Crippen LogP contribution in [0.25, 0.3) is 0 Å². The van der Waals surface area contributed by atoms with Crippen LogP contribution in [0.4, 0.5) is 0 Å². The molecule has 0 aromatic heterocycles. The summed E-state index contributed by atoms with van der Waals surface area (Å²) in [5.74, 6) is -0.931. The third-order valence-corrected chi connectivity index (χ3v) is 3.49. The summed E-state index contributed by atoms with van der Waals surface area (Å²) in [5, 5.41) is 9.74. The molecule has 0 radical (unpaired) electrons. The lowest BCUT2D eigenvalue weighted by molar-refractivity contribution is -0.119. The summed E-state index contributed by atoms with van der Waals surface area (Å²) >= 11 is 0. The molecule has 0 atom stereocenters. The van der Waals surface area contributed by atoms with Crippen molar-refractivity contribution in [2.45, 2.75) is 31.7 Å². The summed E-state index contributed by atoms with van der Waals surface area (Å²) in [6.45, 7) is -0.0994. The van der Waals surface area contributed by atoms with Crippen LogP contribution in [0.15, 0.2) is 24.3 Å². The molecular formula is C14H18N2O3. The minimum atomic E-state index is -0.532. The Balaban J connectivity index is 2.24. The second-order valence-electron chi connectivity index (χ2n) is 4.85. The van der Waals surface area contributed by atoms with E-state index in [0.717, 1.165) is 25.7 Å². The number of para-hydroxylation sites is 1. The largest absolute Gasteiger partial charge is 0.507 e. The number of phenols is 1. The third kappa shape index (κ3) is 3.05. The lowest BCUT2D eigenvalue weighted by Gasteiger charge is -2.28. The molecule has 5 nitrogen and oxygen atoms in total. The smallest absolute Gasteiger partial charge is 0.258 e. The second kappa shape index (κ2) is 5.73. The van der Waals surface area contributed by atoms with Gasteiger partial charge in [-0.2, -0.15) is 0 Å². The minimum Gasteiger partial charge on any atom is -0.507 e. The van der Waals surface area contributed by atoms with Crippen molar-refractivity contribution in [3.63, 3.8) is 0 Å². The van der Waals surface area contributed by atoms with Crippen molar-refractivity contribution < 1.29 is 14.7 Å². The highest BCUT2D eigenvalue weighted by Crippen LogP contribution is 2.26. The van der Waals surface area contributed by atoms with Crippen LogP contribution in [0.3, 0.4) is 0 Å². The highest BCUT2D eigenvalue weighted by atomic mass is 16.3. The zero-order chi connectivity index (χ0) is 13.8.